The van der Waals surface area contributed by atoms with Gasteiger partial charge < -0.3 is 15.5 Å². The predicted molar refractivity (Wildman–Crippen MR) is 109 cm³/mol. The number of nitrogens with one attached hydrogen (secondary N) is 2. The van der Waals surface area contributed by atoms with Gasteiger partial charge in [0.2, 0.25) is 5.91 Å². The van der Waals surface area contributed by atoms with E-state index >= 15 is 0 Å². The number of hydrogen-bond donors (Lipinski definition) is 2. The second-order valence-corrected chi connectivity index (χ2v) is 7.04. The van der Waals surface area contributed by atoms with E-state index in [9.17, 15) is 9.59 Å². The number of pyridine rings is 1. The molecule has 3 rings (SSSR count). The zero-order valence-corrected chi connectivity index (χ0v) is 16.1. The van der Waals surface area contributed by atoms with E-state index < -0.39 is 0 Å². The lowest BCUT2D eigenvalue weighted by Crippen LogP contribution is -2.35. The highest BCUT2D eigenvalue weighted by molar-refractivity contribution is 5.92. The SMILES string of the molecule is O=C1CC(c2ccccc2)NCCCCN(C(=O)c2ccccn2)CCCN1. The minimum absolute atomic E-state index is 0.00760. The van der Waals surface area contributed by atoms with Gasteiger partial charge in [0.1, 0.15) is 5.69 Å². The van der Waals surface area contributed by atoms with Crippen molar-refractivity contribution in [2.45, 2.75) is 31.7 Å². The molecule has 1 aliphatic heterocycles. The highest BCUT2D eigenvalue weighted by atomic mass is 16.2. The van der Waals surface area contributed by atoms with Crippen LogP contribution in [0.3, 0.4) is 0 Å². The molecule has 0 aliphatic carbocycles. The minimum atomic E-state index is -0.0445. The Kier molecular flexibility index (Phi) is 7.55. The van der Waals surface area contributed by atoms with Gasteiger partial charge in [-0.3, -0.25) is 14.6 Å². The van der Waals surface area contributed by atoms with Gasteiger partial charge in [-0.25, -0.2) is 0 Å². The molecule has 1 atom stereocenters. The summed E-state index contributed by atoms with van der Waals surface area (Å²) in [5, 5.41) is 6.49. The van der Waals surface area contributed by atoms with Crippen molar-refractivity contribution in [3.63, 3.8) is 0 Å². The van der Waals surface area contributed by atoms with E-state index in [-0.39, 0.29) is 17.9 Å². The van der Waals surface area contributed by atoms with Crippen molar-refractivity contribution in [2.24, 2.45) is 0 Å². The van der Waals surface area contributed by atoms with Crippen molar-refractivity contribution >= 4 is 11.8 Å². The number of carbonyl (C=O) groups is 2. The molecule has 0 spiro atoms. The third kappa shape index (κ3) is 5.89. The molecule has 1 fully saturated rings. The van der Waals surface area contributed by atoms with Crippen LogP contribution in [0.2, 0.25) is 0 Å². The third-order valence-electron chi connectivity index (χ3n) is 4.94. The minimum Gasteiger partial charge on any atom is -0.356 e. The summed E-state index contributed by atoms with van der Waals surface area (Å²) in [6, 6.07) is 15.5. The number of carbonyl (C=O) groups excluding carboxylic acids is 2. The summed E-state index contributed by atoms with van der Waals surface area (Å²) in [7, 11) is 0. The molecular formula is C22H28N4O2. The van der Waals surface area contributed by atoms with Crippen molar-refractivity contribution in [2.75, 3.05) is 26.2 Å². The molecule has 6 heteroatoms. The van der Waals surface area contributed by atoms with Crippen molar-refractivity contribution in [1.29, 1.82) is 0 Å². The molecule has 0 bridgehead atoms. The summed E-state index contributed by atoms with van der Waals surface area (Å²) < 4.78 is 0. The van der Waals surface area contributed by atoms with Crippen molar-refractivity contribution < 1.29 is 9.59 Å². The van der Waals surface area contributed by atoms with Crippen molar-refractivity contribution in [3.05, 3.63) is 66.0 Å². The normalized spacial score (nSPS) is 19.6. The monoisotopic (exact) mass is 380 g/mol. The van der Waals surface area contributed by atoms with Gasteiger partial charge in [-0.1, -0.05) is 36.4 Å². The molecular weight excluding hydrogens is 352 g/mol. The molecule has 6 nitrogen and oxygen atoms in total. The lowest BCUT2D eigenvalue weighted by Gasteiger charge is -2.22. The van der Waals surface area contributed by atoms with Gasteiger partial charge in [-0.2, -0.15) is 0 Å². The molecule has 2 amide bonds. The van der Waals surface area contributed by atoms with Crippen LogP contribution in [0, 0.1) is 0 Å². The first-order valence-corrected chi connectivity index (χ1v) is 9.99. The van der Waals surface area contributed by atoms with E-state index in [2.05, 4.69) is 27.8 Å². The molecule has 1 saturated heterocycles. The first kappa shape index (κ1) is 20.0. The van der Waals surface area contributed by atoms with Crippen LogP contribution in [0.15, 0.2) is 54.7 Å². The van der Waals surface area contributed by atoms with Gasteiger partial charge in [0.15, 0.2) is 0 Å². The smallest absolute Gasteiger partial charge is 0.272 e. The quantitative estimate of drug-likeness (QED) is 0.840. The number of aromatic nitrogens is 1. The maximum Gasteiger partial charge on any atom is 0.272 e. The Morgan fingerprint density at radius 3 is 2.54 bits per heavy atom. The number of nitrogens with zero attached hydrogens (tertiary/aromatic N) is 2. The summed E-state index contributed by atoms with van der Waals surface area (Å²) >= 11 is 0. The predicted octanol–water partition coefficient (Wildman–Crippen LogP) is 2.54. The average molecular weight is 380 g/mol. The van der Waals surface area contributed by atoms with Crippen LogP contribution in [0.25, 0.3) is 0 Å². The zero-order valence-electron chi connectivity index (χ0n) is 16.1. The summed E-state index contributed by atoms with van der Waals surface area (Å²) in [6.45, 7) is 2.68. The van der Waals surface area contributed by atoms with Crippen LogP contribution >= 0.6 is 0 Å². The lowest BCUT2D eigenvalue weighted by molar-refractivity contribution is -0.121. The molecule has 1 aromatic heterocycles. The van der Waals surface area contributed by atoms with Crippen LogP contribution < -0.4 is 10.6 Å². The summed E-state index contributed by atoms with van der Waals surface area (Å²) in [5.41, 5.74) is 1.59. The van der Waals surface area contributed by atoms with E-state index in [1.54, 1.807) is 18.3 Å². The van der Waals surface area contributed by atoms with Gasteiger partial charge in [-0.15, -0.1) is 0 Å². The number of hydrogen-bond acceptors (Lipinski definition) is 4. The Hall–Kier alpha value is -2.73. The lowest BCUT2D eigenvalue weighted by atomic mass is 10.0. The summed E-state index contributed by atoms with van der Waals surface area (Å²) in [6.07, 6.45) is 4.64. The Morgan fingerprint density at radius 2 is 1.75 bits per heavy atom. The highest BCUT2D eigenvalue weighted by Crippen LogP contribution is 2.17. The van der Waals surface area contributed by atoms with Crippen LogP contribution in [0.5, 0.6) is 0 Å². The van der Waals surface area contributed by atoms with Gasteiger partial charge in [-0.05, 0) is 43.5 Å². The molecule has 0 saturated carbocycles. The maximum atomic E-state index is 12.7. The van der Waals surface area contributed by atoms with Gasteiger partial charge in [0, 0.05) is 38.3 Å². The first-order valence-electron chi connectivity index (χ1n) is 9.99. The Morgan fingerprint density at radius 1 is 0.964 bits per heavy atom. The van der Waals surface area contributed by atoms with Gasteiger partial charge >= 0.3 is 0 Å². The van der Waals surface area contributed by atoms with E-state index in [0.29, 0.717) is 31.7 Å². The largest absolute Gasteiger partial charge is 0.356 e. The standard InChI is InChI=1S/C22H28N4O2/c27-21-17-20(18-9-2-1-3-10-18)24-13-6-7-15-26(16-8-14-25-21)22(28)19-11-4-5-12-23-19/h1-5,9-12,20,24H,6-8,13-17H2,(H,25,27). The topological polar surface area (TPSA) is 74.3 Å². The molecule has 1 aliphatic rings. The van der Waals surface area contributed by atoms with E-state index in [4.69, 9.17) is 0 Å². The van der Waals surface area contributed by atoms with Crippen LogP contribution in [0.1, 0.15) is 47.8 Å². The second-order valence-electron chi connectivity index (χ2n) is 7.04. The van der Waals surface area contributed by atoms with Gasteiger partial charge in [0.05, 0.1) is 0 Å². The van der Waals surface area contributed by atoms with E-state index in [1.165, 1.54) is 0 Å². The molecule has 2 N–H and O–H groups in total. The fourth-order valence-corrected chi connectivity index (χ4v) is 3.42. The fraction of sp³-hybridized carbons (Fsp3) is 0.409. The number of benzene rings is 1. The Bertz CT molecular complexity index is 752. The third-order valence-corrected chi connectivity index (χ3v) is 4.94. The molecule has 2 aromatic rings. The number of rotatable bonds is 2. The maximum absolute atomic E-state index is 12.7. The van der Waals surface area contributed by atoms with Crippen LogP contribution in [-0.4, -0.2) is 47.9 Å². The Labute approximate surface area is 166 Å². The average Bonchev–Trinajstić information content (AvgIpc) is 2.76. The molecule has 1 aromatic carbocycles. The molecule has 148 valence electrons. The Balaban J connectivity index is 1.63. The van der Waals surface area contributed by atoms with E-state index in [0.717, 1.165) is 31.4 Å². The number of amides is 2. The molecule has 1 unspecified atom stereocenters. The first-order chi connectivity index (χ1) is 13.7. The summed E-state index contributed by atoms with van der Waals surface area (Å²) in [5.74, 6) is -0.0138. The van der Waals surface area contributed by atoms with Crippen LogP contribution in [-0.2, 0) is 4.79 Å². The summed E-state index contributed by atoms with van der Waals surface area (Å²) in [4.78, 5) is 31.1. The molecule has 2 heterocycles. The van der Waals surface area contributed by atoms with Crippen molar-refractivity contribution in [1.82, 2.24) is 20.5 Å². The highest BCUT2D eigenvalue weighted by Gasteiger charge is 2.18. The zero-order chi connectivity index (χ0) is 19.6. The van der Waals surface area contributed by atoms with Crippen molar-refractivity contribution in [3.8, 4) is 0 Å². The van der Waals surface area contributed by atoms with E-state index in [1.807, 2.05) is 29.2 Å². The second kappa shape index (κ2) is 10.6. The molecule has 28 heavy (non-hydrogen) atoms. The van der Waals surface area contributed by atoms with Crippen LogP contribution in [0.4, 0.5) is 0 Å². The molecule has 0 radical (unpaired) electrons. The van der Waals surface area contributed by atoms with Gasteiger partial charge in [0.25, 0.3) is 5.91 Å². The fourth-order valence-electron chi connectivity index (χ4n) is 3.42.